The fourth-order valence-electron chi connectivity index (χ4n) is 2.44. The molecule has 0 radical (unpaired) electrons. The van der Waals surface area contributed by atoms with Gasteiger partial charge in [0.1, 0.15) is 6.10 Å². The highest BCUT2D eigenvalue weighted by Crippen LogP contribution is 2.30. The van der Waals surface area contributed by atoms with Crippen molar-refractivity contribution < 1.29 is 14.6 Å². The topological polar surface area (TPSA) is 67.6 Å². The van der Waals surface area contributed by atoms with Gasteiger partial charge in [-0.25, -0.2) is 4.79 Å². The summed E-state index contributed by atoms with van der Waals surface area (Å²) in [6, 6.07) is 7.85. The van der Waals surface area contributed by atoms with Crippen LogP contribution < -0.4 is 0 Å². The number of amides is 1. The van der Waals surface area contributed by atoms with Gasteiger partial charge < -0.3 is 14.7 Å². The first-order valence-corrected chi connectivity index (χ1v) is 6.18. The van der Waals surface area contributed by atoms with E-state index in [1.807, 2.05) is 28.9 Å². The molecular formula is C13H15N3O3. The third-order valence-electron chi connectivity index (χ3n) is 3.38. The largest absolute Gasteiger partial charge is 0.465 e. The van der Waals surface area contributed by atoms with Gasteiger partial charge in [-0.2, -0.15) is 5.10 Å². The number of likely N-dealkylation sites (N-methyl/N-ethyl adjacent to an activating group) is 1. The Bertz CT molecular complexity index is 623. The SMILES string of the molecule is CN(CC1OCCn2nc3ccccc3c21)C(=O)O. The zero-order valence-electron chi connectivity index (χ0n) is 10.6. The average Bonchev–Trinajstić information content (AvgIpc) is 2.77. The highest BCUT2D eigenvalue weighted by atomic mass is 16.5. The maximum absolute atomic E-state index is 10.9. The Morgan fingerprint density at radius 1 is 1.58 bits per heavy atom. The van der Waals surface area contributed by atoms with Crippen LogP contribution in [0.15, 0.2) is 24.3 Å². The van der Waals surface area contributed by atoms with E-state index in [0.29, 0.717) is 19.7 Å². The third kappa shape index (κ3) is 2.04. The number of aromatic nitrogens is 2. The molecule has 1 unspecified atom stereocenters. The van der Waals surface area contributed by atoms with Crippen molar-refractivity contribution in [2.75, 3.05) is 20.2 Å². The number of benzene rings is 1. The number of carboxylic acid groups (broad SMARTS) is 1. The summed E-state index contributed by atoms with van der Waals surface area (Å²) in [7, 11) is 1.54. The summed E-state index contributed by atoms with van der Waals surface area (Å²) >= 11 is 0. The Balaban J connectivity index is 2.01. The first kappa shape index (κ1) is 12.0. The smallest absolute Gasteiger partial charge is 0.407 e. The number of rotatable bonds is 2. The van der Waals surface area contributed by atoms with Gasteiger partial charge >= 0.3 is 6.09 Å². The standard InChI is InChI=1S/C13H15N3O3/c1-15(13(17)18)8-11-12-9-4-2-3-5-10(9)14-16(12)6-7-19-11/h2-5,11H,6-8H2,1H3,(H,17,18). The molecule has 19 heavy (non-hydrogen) atoms. The quantitative estimate of drug-likeness (QED) is 0.893. The van der Waals surface area contributed by atoms with Crippen molar-refractivity contribution in [1.29, 1.82) is 0 Å². The number of hydrogen-bond acceptors (Lipinski definition) is 3. The summed E-state index contributed by atoms with van der Waals surface area (Å²) in [6.07, 6.45) is -1.22. The fourth-order valence-corrected chi connectivity index (χ4v) is 2.44. The van der Waals surface area contributed by atoms with E-state index in [4.69, 9.17) is 9.84 Å². The van der Waals surface area contributed by atoms with E-state index in [1.54, 1.807) is 7.05 Å². The van der Waals surface area contributed by atoms with Crippen LogP contribution in [-0.4, -0.2) is 46.1 Å². The molecule has 100 valence electrons. The fraction of sp³-hybridized carbons (Fsp3) is 0.385. The molecule has 1 aromatic carbocycles. The van der Waals surface area contributed by atoms with Crippen LogP contribution in [0.2, 0.25) is 0 Å². The molecule has 1 N–H and O–H groups in total. The van der Waals surface area contributed by atoms with Crippen molar-refractivity contribution >= 4 is 17.0 Å². The summed E-state index contributed by atoms with van der Waals surface area (Å²) in [5.41, 5.74) is 1.89. The lowest BCUT2D eigenvalue weighted by atomic mass is 10.1. The summed E-state index contributed by atoms with van der Waals surface area (Å²) < 4.78 is 7.65. The van der Waals surface area contributed by atoms with E-state index < -0.39 is 6.09 Å². The molecule has 1 aromatic heterocycles. The maximum atomic E-state index is 10.9. The van der Waals surface area contributed by atoms with Crippen molar-refractivity contribution in [2.24, 2.45) is 0 Å². The monoisotopic (exact) mass is 261 g/mol. The lowest BCUT2D eigenvalue weighted by molar-refractivity contribution is 0.00168. The predicted molar refractivity (Wildman–Crippen MR) is 69.1 cm³/mol. The lowest BCUT2D eigenvalue weighted by Gasteiger charge is -2.27. The van der Waals surface area contributed by atoms with Crippen molar-refractivity contribution in [3.05, 3.63) is 30.0 Å². The summed E-state index contributed by atoms with van der Waals surface area (Å²) in [5, 5.41) is 14.5. The number of fused-ring (bicyclic) bond motifs is 3. The van der Waals surface area contributed by atoms with E-state index in [0.717, 1.165) is 16.6 Å². The molecule has 0 saturated carbocycles. The van der Waals surface area contributed by atoms with Gasteiger partial charge in [-0.1, -0.05) is 18.2 Å². The van der Waals surface area contributed by atoms with Crippen LogP contribution in [0, 0.1) is 0 Å². The Morgan fingerprint density at radius 3 is 3.16 bits per heavy atom. The minimum Gasteiger partial charge on any atom is -0.465 e. The first-order valence-electron chi connectivity index (χ1n) is 6.18. The Labute approximate surface area is 110 Å². The summed E-state index contributed by atoms with van der Waals surface area (Å²) in [6.45, 7) is 1.57. The van der Waals surface area contributed by atoms with Crippen molar-refractivity contribution in [1.82, 2.24) is 14.7 Å². The minimum atomic E-state index is -0.954. The van der Waals surface area contributed by atoms with E-state index >= 15 is 0 Å². The molecule has 1 aliphatic rings. The molecule has 1 atom stereocenters. The molecule has 0 bridgehead atoms. The molecule has 0 aliphatic carbocycles. The number of hydrogen-bond donors (Lipinski definition) is 1. The van der Waals surface area contributed by atoms with E-state index in [1.165, 1.54) is 4.90 Å². The second-order valence-corrected chi connectivity index (χ2v) is 4.65. The van der Waals surface area contributed by atoms with Crippen LogP contribution in [0.25, 0.3) is 10.9 Å². The van der Waals surface area contributed by atoms with Gasteiger partial charge in [-0.05, 0) is 6.07 Å². The molecule has 1 aliphatic heterocycles. The molecule has 0 spiro atoms. The van der Waals surface area contributed by atoms with Crippen LogP contribution in [0.3, 0.4) is 0 Å². The predicted octanol–water partition coefficient (Wildman–Crippen LogP) is 1.72. The van der Waals surface area contributed by atoms with Crippen LogP contribution in [0.5, 0.6) is 0 Å². The van der Waals surface area contributed by atoms with Gasteiger partial charge in [0, 0.05) is 12.4 Å². The van der Waals surface area contributed by atoms with Crippen LogP contribution in [0.1, 0.15) is 11.8 Å². The molecule has 0 fully saturated rings. The normalized spacial score (nSPS) is 18.3. The molecule has 2 aromatic rings. The molecule has 6 heteroatoms. The van der Waals surface area contributed by atoms with Crippen LogP contribution >= 0.6 is 0 Å². The second kappa shape index (κ2) is 4.55. The van der Waals surface area contributed by atoms with Crippen molar-refractivity contribution in [3.63, 3.8) is 0 Å². The molecule has 2 heterocycles. The first-order chi connectivity index (χ1) is 9.16. The van der Waals surface area contributed by atoms with Gasteiger partial charge in [0.15, 0.2) is 0 Å². The van der Waals surface area contributed by atoms with Crippen LogP contribution in [0.4, 0.5) is 4.79 Å². The molecular weight excluding hydrogens is 246 g/mol. The maximum Gasteiger partial charge on any atom is 0.407 e. The van der Waals surface area contributed by atoms with E-state index in [9.17, 15) is 4.79 Å². The Morgan fingerprint density at radius 2 is 2.37 bits per heavy atom. The van der Waals surface area contributed by atoms with Gasteiger partial charge in [-0.3, -0.25) is 4.68 Å². The molecule has 6 nitrogen and oxygen atoms in total. The number of nitrogens with zero attached hydrogens (tertiary/aromatic N) is 3. The van der Waals surface area contributed by atoms with Crippen LogP contribution in [-0.2, 0) is 11.3 Å². The van der Waals surface area contributed by atoms with Gasteiger partial charge in [0.25, 0.3) is 0 Å². The minimum absolute atomic E-state index is 0.262. The van der Waals surface area contributed by atoms with E-state index in [-0.39, 0.29) is 6.10 Å². The highest BCUT2D eigenvalue weighted by molar-refractivity contribution is 5.82. The van der Waals surface area contributed by atoms with Gasteiger partial charge in [0.2, 0.25) is 0 Å². The Hall–Kier alpha value is -2.08. The molecule has 0 saturated heterocycles. The number of carbonyl (C=O) groups is 1. The highest BCUT2D eigenvalue weighted by Gasteiger charge is 2.27. The van der Waals surface area contributed by atoms with Crippen molar-refractivity contribution in [3.8, 4) is 0 Å². The van der Waals surface area contributed by atoms with E-state index in [2.05, 4.69) is 5.10 Å². The third-order valence-corrected chi connectivity index (χ3v) is 3.38. The zero-order chi connectivity index (χ0) is 13.4. The summed E-state index contributed by atoms with van der Waals surface area (Å²) in [4.78, 5) is 12.2. The zero-order valence-corrected chi connectivity index (χ0v) is 10.6. The van der Waals surface area contributed by atoms with Crippen molar-refractivity contribution in [2.45, 2.75) is 12.6 Å². The average molecular weight is 261 g/mol. The van der Waals surface area contributed by atoms with Gasteiger partial charge in [0.05, 0.1) is 30.9 Å². The Kier molecular flexibility index (Phi) is 2.87. The molecule has 1 amide bonds. The summed E-state index contributed by atoms with van der Waals surface area (Å²) in [5.74, 6) is 0. The number of ether oxygens (including phenoxy) is 1. The molecule has 3 rings (SSSR count). The van der Waals surface area contributed by atoms with Gasteiger partial charge in [-0.15, -0.1) is 0 Å². The second-order valence-electron chi connectivity index (χ2n) is 4.65. The lowest BCUT2D eigenvalue weighted by Crippen LogP contribution is -2.34.